The smallest absolute Gasteiger partial charge is 0.316 e. The molecule has 4 rings (SSSR count). The zero-order chi connectivity index (χ0) is 19.0. The van der Waals surface area contributed by atoms with Crippen molar-refractivity contribution in [3.63, 3.8) is 0 Å². The van der Waals surface area contributed by atoms with Crippen LogP contribution in [-0.2, 0) is 6.54 Å². The van der Waals surface area contributed by atoms with E-state index in [2.05, 4.69) is 15.3 Å². The highest BCUT2D eigenvalue weighted by Gasteiger charge is 2.12. The topological polar surface area (TPSA) is 96.9 Å². The van der Waals surface area contributed by atoms with Gasteiger partial charge in [-0.1, -0.05) is 6.07 Å². The third-order valence-corrected chi connectivity index (χ3v) is 4.45. The number of anilines is 1. The van der Waals surface area contributed by atoms with Crippen molar-refractivity contribution in [2.24, 2.45) is 0 Å². The number of rotatable bonds is 3. The lowest BCUT2D eigenvalue weighted by Crippen LogP contribution is -2.36. The summed E-state index contributed by atoms with van der Waals surface area (Å²) in [5.41, 5.74) is 1.51. The van der Waals surface area contributed by atoms with E-state index in [9.17, 15) is 14.4 Å². The van der Waals surface area contributed by atoms with Crippen molar-refractivity contribution in [3.8, 4) is 0 Å². The van der Waals surface area contributed by atoms with E-state index in [1.165, 1.54) is 4.57 Å². The van der Waals surface area contributed by atoms with Crippen molar-refractivity contribution in [2.45, 2.75) is 13.5 Å². The van der Waals surface area contributed by atoms with Gasteiger partial charge in [0.05, 0.1) is 22.2 Å². The highest BCUT2D eigenvalue weighted by Crippen LogP contribution is 2.22. The Labute approximate surface area is 153 Å². The van der Waals surface area contributed by atoms with Crippen LogP contribution in [0.1, 0.15) is 17.3 Å². The molecule has 0 unspecified atom stereocenters. The summed E-state index contributed by atoms with van der Waals surface area (Å²) >= 11 is 0. The number of aryl methyl sites for hydroxylation is 1. The van der Waals surface area contributed by atoms with Crippen LogP contribution < -0.4 is 16.4 Å². The number of hydrogen-bond acceptors (Lipinski definition) is 4. The molecule has 0 spiro atoms. The van der Waals surface area contributed by atoms with Gasteiger partial charge in [-0.3, -0.25) is 19.4 Å². The summed E-state index contributed by atoms with van der Waals surface area (Å²) in [6, 6.07) is 14.1. The van der Waals surface area contributed by atoms with E-state index < -0.39 is 11.1 Å². The van der Waals surface area contributed by atoms with Crippen LogP contribution in [0.3, 0.4) is 0 Å². The van der Waals surface area contributed by atoms with Crippen LogP contribution in [0.25, 0.3) is 21.9 Å². The summed E-state index contributed by atoms with van der Waals surface area (Å²) < 4.78 is 1.38. The van der Waals surface area contributed by atoms with E-state index in [4.69, 9.17) is 0 Å². The summed E-state index contributed by atoms with van der Waals surface area (Å²) in [7, 11) is 0. The number of aromatic nitrogens is 3. The predicted octanol–water partition coefficient (Wildman–Crippen LogP) is 2.51. The minimum atomic E-state index is -0.706. The lowest BCUT2D eigenvalue weighted by molar-refractivity contribution is 0.102. The Morgan fingerprint density at radius 3 is 2.81 bits per heavy atom. The van der Waals surface area contributed by atoms with Crippen LogP contribution in [-0.4, -0.2) is 20.4 Å². The molecule has 27 heavy (non-hydrogen) atoms. The molecule has 4 aromatic rings. The van der Waals surface area contributed by atoms with Gasteiger partial charge in [0, 0.05) is 23.7 Å². The molecule has 0 atom stereocenters. The van der Waals surface area contributed by atoms with Crippen molar-refractivity contribution in [1.29, 1.82) is 0 Å². The molecule has 134 valence electrons. The molecule has 2 aromatic heterocycles. The molecular weight excluding hydrogens is 344 g/mol. The molecule has 0 fully saturated rings. The molecule has 0 saturated heterocycles. The van der Waals surface area contributed by atoms with Crippen molar-refractivity contribution in [1.82, 2.24) is 14.5 Å². The largest absolute Gasteiger partial charge is 0.321 e. The van der Waals surface area contributed by atoms with Gasteiger partial charge in [-0.15, -0.1) is 0 Å². The second-order valence-electron chi connectivity index (χ2n) is 6.07. The standard InChI is InChI=1S/C20H16N4O3/c1-2-24-17-9-8-12(11-16(17)23-19(26)20(24)27)18(25)22-15-7-3-6-14-13(15)5-4-10-21-14/h3-11H,2H2,1H3,(H,22,25)(H,23,26). The third kappa shape index (κ3) is 2.89. The van der Waals surface area contributed by atoms with E-state index in [1.54, 1.807) is 37.4 Å². The second-order valence-corrected chi connectivity index (χ2v) is 6.07. The normalized spacial score (nSPS) is 11.0. The fraction of sp³-hybridized carbons (Fsp3) is 0.100. The Morgan fingerprint density at radius 2 is 2.00 bits per heavy atom. The number of carbonyl (C=O) groups is 1. The molecular formula is C20H16N4O3. The molecule has 0 aliphatic rings. The lowest BCUT2D eigenvalue weighted by Gasteiger charge is -2.10. The van der Waals surface area contributed by atoms with Gasteiger partial charge in [-0.05, 0) is 49.4 Å². The fourth-order valence-corrected chi connectivity index (χ4v) is 3.14. The minimum Gasteiger partial charge on any atom is -0.321 e. The number of H-pyrrole nitrogens is 1. The summed E-state index contributed by atoms with van der Waals surface area (Å²) in [5.74, 6) is -0.316. The molecule has 2 N–H and O–H groups in total. The number of aromatic amines is 1. The number of nitrogens with zero attached hydrogens (tertiary/aromatic N) is 2. The van der Waals surface area contributed by atoms with Crippen molar-refractivity contribution >= 4 is 33.5 Å². The van der Waals surface area contributed by atoms with Crippen LogP contribution in [0.5, 0.6) is 0 Å². The van der Waals surface area contributed by atoms with Gasteiger partial charge in [0.1, 0.15) is 0 Å². The Morgan fingerprint density at radius 1 is 1.15 bits per heavy atom. The van der Waals surface area contributed by atoms with Crippen LogP contribution >= 0.6 is 0 Å². The van der Waals surface area contributed by atoms with Gasteiger partial charge in [0.15, 0.2) is 0 Å². The van der Waals surface area contributed by atoms with Crippen molar-refractivity contribution < 1.29 is 4.79 Å². The van der Waals surface area contributed by atoms with Gasteiger partial charge in [-0.25, -0.2) is 0 Å². The summed E-state index contributed by atoms with van der Waals surface area (Å²) in [5, 5.41) is 3.72. The Balaban J connectivity index is 1.76. The van der Waals surface area contributed by atoms with Crippen molar-refractivity contribution in [3.05, 3.63) is 81.0 Å². The number of fused-ring (bicyclic) bond motifs is 2. The zero-order valence-corrected chi connectivity index (χ0v) is 14.5. The summed E-state index contributed by atoms with van der Waals surface area (Å²) in [6.07, 6.45) is 1.70. The quantitative estimate of drug-likeness (QED) is 0.549. The molecule has 2 heterocycles. The van der Waals surface area contributed by atoms with Gasteiger partial charge in [-0.2, -0.15) is 0 Å². The second kappa shape index (κ2) is 6.53. The Bertz CT molecular complexity index is 1300. The van der Waals surface area contributed by atoms with Gasteiger partial charge < -0.3 is 14.9 Å². The van der Waals surface area contributed by atoms with Gasteiger partial charge >= 0.3 is 11.1 Å². The zero-order valence-electron chi connectivity index (χ0n) is 14.5. The predicted molar refractivity (Wildman–Crippen MR) is 104 cm³/mol. The number of amides is 1. The van der Waals surface area contributed by atoms with E-state index in [-0.39, 0.29) is 5.91 Å². The highest BCUT2D eigenvalue weighted by atomic mass is 16.2. The van der Waals surface area contributed by atoms with Crippen molar-refractivity contribution in [2.75, 3.05) is 5.32 Å². The number of carbonyl (C=O) groups excluding carboxylic acids is 1. The van der Waals surface area contributed by atoms with Gasteiger partial charge in [0.2, 0.25) is 0 Å². The van der Waals surface area contributed by atoms with E-state index in [0.29, 0.717) is 28.8 Å². The molecule has 0 saturated carbocycles. The average molecular weight is 360 g/mol. The SMILES string of the molecule is CCn1c(=O)c(=O)[nH]c2cc(C(=O)Nc3cccc4ncccc34)ccc21. The Kier molecular flexibility index (Phi) is 4.04. The first-order chi connectivity index (χ1) is 13.1. The molecule has 1 amide bonds. The lowest BCUT2D eigenvalue weighted by atomic mass is 10.1. The summed E-state index contributed by atoms with van der Waals surface area (Å²) in [4.78, 5) is 43.3. The maximum Gasteiger partial charge on any atom is 0.316 e. The maximum absolute atomic E-state index is 12.7. The molecule has 7 heteroatoms. The maximum atomic E-state index is 12.7. The first-order valence-corrected chi connectivity index (χ1v) is 8.50. The number of benzene rings is 2. The Hall–Kier alpha value is -3.74. The molecule has 7 nitrogen and oxygen atoms in total. The molecule has 0 bridgehead atoms. The van der Waals surface area contributed by atoms with E-state index >= 15 is 0 Å². The molecule has 0 radical (unpaired) electrons. The van der Waals surface area contributed by atoms with E-state index in [1.807, 2.05) is 24.3 Å². The molecule has 0 aliphatic carbocycles. The van der Waals surface area contributed by atoms with Crippen LogP contribution in [0.15, 0.2) is 64.3 Å². The van der Waals surface area contributed by atoms with Crippen LogP contribution in [0, 0.1) is 0 Å². The van der Waals surface area contributed by atoms with Crippen LogP contribution in [0.2, 0.25) is 0 Å². The monoisotopic (exact) mass is 360 g/mol. The first kappa shape index (κ1) is 16.7. The summed E-state index contributed by atoms with van der Waals surface area (Å²) in [6.45, 7) is 2.16. The molecule has 0 aliphatic heterocycles. The third-order valence-electron chi connectivity index (χ3n) is 4.45. The number of nitrogens with one attached hydrogen (secondary N) is 2. The average Bonchev–Trinajstić information content (AvgIpc) is 2.69. The molecule has 2 aromatic carbocycles. The fourth-order valence-electron chi connectivity index (χ4n) is 3.14. The van der Waals surface area contributed by atoms with Gasteiger partial charge in [0.25, 0.3) is 5.91 Å². The number of hydrogen-bond donors (Lipinski definition) is 2. The highest BCUT2D eigenvalue weighted by molar-refractivity contribution is 6.09. The first-order valence-electron chi connectivity index (χ1n) is 8.50. The van der Waals surface area contributed by atoms with Crippen LogP contribution in [0.4, 0.5) is 5.69 Å². The minimum absolute atomic E-state index is 0.316. The van der Waals surface area contributed by atoms with E-state index in [0.717, 1.165) is 10.9 Å². The number of pyridine rings is 1.